The Morgan fingerprint density at radius 2 is 1.44 bits per heavy atom. The zero-order valence-electron chi connectivity index (χ0n) is 22.0. The molecule has 0 fully saturated rings. The minimum atomic E-state index is -0.0636. The summed E-state index contributed by atoms with van der Waals surface area (Å²) < 4.78 is 6.51. The lowest BCUT2D eigenvalue weighted by molar-refractivity contribution is 0.297. The maximum absolute atomic E-state index is 6.51. The van der Waals surface area contributed by atoms with Crippen LogP contribution in [0.2, 0.25) is 0 Å². The fourth-order valence-corrected chi connectivity index (χ4v) is 6.26. The first-order valence-electron chi connectivity index (χ1n) is 12.7. The zero-order chi connectivity index (χ0) is 25.5. The monoisotopic (exact) mass is 493 g/mol. The van der Waals surface area contributed by atoms with Crippen molar-refractivity contribution in [3.8, 4) is 5.75 Å². The fraction of sp³-hybridized carbons (Fsp3) is 0.242. The van der Waals surface area contributed by atoms with Crippen LogP contribution in [0.3, 0.4) is 0 Å². The van der Waals surface area contributed by atoms with Crippen LogP contribution in [-0.4, -0.2) is 5.71 Å². The van der Waals surface area contributed by atoms with Crippen molar-refractivity contribution in [2.24, 2.45) is 4.99 Å². The molecule has 2 unspecified atom stereocenters. The Morgan fingerprint density at radius 3 is 2.14 bits per heavy atom. The third-order valence-corrected chi connectivity index (χ3v) is 8.94. The number of hydrogen-bond donors (Lipinski definition) is 0. The van der Waals surface area contributed by atoms with Crippen LogP contribution in [-0.2, 0) is 11.8 Å². The Labute approximate surface area is 218 Å². The normalized spacial score (nSPS) is 13.6. The van der Waals surface area contributed by atoms with E-state index in [4.69, 9.17) is 9.73 Å². The van der Waals surface area contributed by atoms with Gasteiger partial charge in [-0.05, 0) is 61.3 Å². The summed E-state index contributed by atoms with van der Waals surface area (Å²) in [4.78, 5) is 4.95. The van der Waals surface area contributed by atoms with Crippen LogP contribution in [0.1, 0.15) is 55.0 Å². The van der Waals surface area contributed by atoms with Gasteiger partial charge in [-0.25, -0.2) is 0 Å². The van der Waals surface area contributed by atoms with E-state index in [1.807, 2.05) is 24.3 Å². The summed E-state index contributed by atoms with van der Waals surface area (Å²) in [5.74, 6) is 1.02. The van der Waals surface area contributed by atoms with Gasteiger partial charge in [0.05, 0.1) is 5.69 Å². The molecule has 0 aliphatic rings. The molecular weight excluding hydrogens is 457 g/mol. The van der Waals surface area contributed by atoms with E-state index in [2.05, 4.69) is 107 Å². The van der Waals surface area contributed by atoms with Gasteiger partial charge in [-0.15, -0.1) is 0 Å². The summed E-state index contributed by atoms with van der Waals surface area (Å²) in [6, 6.07) is 33.8. The number of para-hydroxylation sites is 2. The van der Waals surface area contributed by atoms with Gasteiger partial charge in [0.1, 0.15) is 12.4 Å². The average molecular weight is 494 g/mol. The lowest BCUT2D eigenvalue weighted by Crippen LogP contribution is -2.23. The predicted octanol–water partition coefficient (Wildman–Crippen LogP) is 8.65. The van der Waals surface area contributed by atoms with E-state index in [9.17, 15) is 0 Å². The molecule has 2 atom stereocenters. The first-order valence-corrected chi connectivity index (χ1v) is 13.7. The van der Waals surface area contributed by atoms with Crippen molar-refractivity contribution >= 4 is 25.3 Å². The SMILES string of the molecule is CCC(C)(Pc1c(C)cccc1C(C)=Nc1ccccc1)c1cccc(C)c1OCc1ccccc1. The number of ether oxygens (including phenoxy) is 1. The molecule has 4 aromatic rings. The standard InChI is InChI=1S/C33H36NOP/c1-6-33(5,30-22-14-15-24(2)31(30)35-23-27-17-9-7-10-18-27)36-32-25(3)16-13-21-29(32)26(4)34-28-19-11-8-12-20-28/h7-22,36H,6,23H2,1-5H3. The molecule has 4 rings (SSSR count). The summed E-state index contributed by atoms with van der Waals surface area (Å²) in [5.41, 5.74) is 8.23. The Balaban J connectivity index is 1.71. The van der Waals surface area contributed by atoms with Crippen LogP contribution in [0, 0.1) is 13.8 Å². The second-order valence-electron chi connectivity index (χ2n) is 9.57. The van der Waals surface area contributed by atoms with Crippen molar-refractivity contribution in [1.29, 1.82) is 0 Å². The summed E-state index contributed by atoms with van der Waals surface area (Å²) in [6.45, 7) is 11.7. The van der Waals surface area contributed by atoms with Crippen LogP contribution in [0.15, 0.2) is 102 Å². The molecule has 0 radical (unpaired) electrons. The van der Waals surface area contributed by atoms with E-state index in [-0.39, 0.29) is 5.16 Å². The van der Waals surface area contributed by atoms with E-state index in [1.165, 1.54) is 33.1 Å². The first-order chi connectivity index (χ1) is 17.4. The van der Waals surface area contributed by atoms with Crippen LogP contribution in [0.4, 0.5) is 5.69 Å². The quantitative estimate of drug-likeness (QED) is 0.169. The number of aryl methyl sites for hydroxylation is 2. The Morgan fingerprint density at radius 1 is 0.806 bits per heavy atom. The topological polar surface area (TPSA) is 21.6 Å². The van der Waals surface area contributed by atoms with Gasteiger partial charge < -0.3 is 4.74 Å². The van der Waals surface area contributed by atoms with E-state index in [0.29, 0.717) is 15.2 Å². The summed E-state index contributed by atoms with van der Waals surface area (Å²) in [6.07, 6.45) is 1.01. The van der Waals surface area contributed by atoms with Gasteiger partial charge in [-0.3, -0.25) is 4.99 Å². The van der Waals surface area contributed by atoms with Gasteiger partial charge >= 0.3 is 0 Å². The molecule has 0 N–H and O–H groups in total. The molecule has 184 valence electrons. The molecule has 0 aliphatic carbocycles. The van der Waals surface area contributed by atoms with Gasteiger partial charge in [-0.2, -0.15) is 0 Å². The molecule has 0 aliphatic heterocycles. The van der Waals surface area contributed by atoms with E-state index in [1.54, 1.807) is 0 Å². The number of aliphatic imine (C=N–C) groups is 1. The maximum Gasteiger partial charge on any atom is 0.126 e. The van der Waals surface area contributed by atoms with Crippen molar-refractivity contribution in [2.75, 3.05) is 0 Å². The van der Waals surface area contributed by atoms with Crippen molar-refractivity contribution in [3.63, 3.8) is 0 Å². The summed E-state index contributed by atoms with van der Waals surface area (Å²) in [7, 11) is 0.580. The van der Waals surface area contributed by atoms with Gasteiger partial charge in [0.25, 0.3) is 0 Å². The molecule has 36 heavy (non-hydrogen) atoms. The highest BCUT2D eigenvalue weighted by Crippen LogP contribution is 2.49. The molecular formula is C33H36NOP. The lowest BCUT2D eigenvalue weighted by Gasteiger charge is -2.33. The number of benzene rings is 4. The zero-order valence-corrected chi connectivity index (χ0v) is 23.0. The average Bonchev–Trinajstić information content (AvgIpc) is 2.90. The maximum atomic E-state index is 6.51. The second-order valence-corrected chi connectivity index (χ2v) is 11.4. The highest BCUT2D eigenvalue weighted by molar-refractivity contribution is 7.49. The molecule has 3 heteroatoms. The van der Waals surface area contributed by atoms with Gasteiger partial charge in [0.15, 0.2) is 0 Å². The van der Waals surface area contributed by atoms with Crippen molar-refractivity contribution in [3.05, 3.63) is 125 Å². The smallest absolute Gasteiger partial charge is 0.126 e. The van der Waals surface area contributed by atoms with Crippen molar-refractivity contribution in [2.45, 2.75) is 52.8 Å². The highest BCUT2D eigenvalue weighted by atomic mass is 31.1. The highest BCUT2D eigenvalue weighted by Gasteiger charge is 2.31. The van der Waals surface area contributed by atoms with Crippen LogP contribution < -0.4 is 10.0 Å². The van der Waals surface area contributed by atoms with Gasteiger partial charge in [0, 0.05) is 22.0 Å². The number of rotatable bonds is 9. The molecule has 0 saturated heterocycles. The Kier molecular flexibility index (Phi) is 8.39. The molecule has 4 aromatic carbocycles. The van der Waals surface area contributed by atoms with Crippen LogP contribution in [0.25, 0.3) is 0 Å². The van der Waals surface area contributed by atoms with E-state index < -0.39 is 0 Å². The molecule has 0 aromatic heterocycles. The number of hydrogen-bond acceptors (Lipinski definition) is 2. The third-order valence-electron chi connectivity index (χ3n) is 6.86. The predicted molar refractivity (Wildman–Crippen MR) is 157 cm³/mol. The Hall–Kier alpha value is -3.22. The molecule has 0 saturated carbocycles. The largest absolute Gasteiger partial charge is 0.488 e. The molecule has 0 amide bonds. The minimum Gasteiger partial charge on any atom is -0.488 e. The minimum absolute atomic E-state index is 0.0636. The van der Waals surface area contributed by atoms with E-state index >= 15 is 0 Å². The van der Waals surface area contributed by atoms with Gasteiger partial charge in [-0.1, -0.05) is 107 Å². The Bertz CT molecular complexity index is 1330. The molecule has 0 bridgehead atoms. The molecule has 2 nitrogen and oxygen atoms in total. The van der Waals surface area contributed by atoms with Gasteiger partial charge in [0.2, 0.25) is 0 Å². The van der Waals surface area contributed by atoms with Crippen LogP contribution >= 0.6 is 8.58 Å². The van der Waals surface area contributed by atoms with Crippen molar-refractivity contribution in [1.82, 2.24) is 0 Å². The first kappa shape index (κ1) is 25.9. The van der Waals surface area contributed by atoms with Crippen molar-refractivity contribution < 1.29 is 4.74 Å². The van der Waals surface area contributed by atoms with E-state index in [0.717, 1.165) is 23.6 Å². The third kappa shape index (κ3) is 5.94. The fourth-order valence-electron chi connectivity index (χ4n) is 4.52. The number of nitrogens with zero attached hydrogens (tertiary/aromatic N) is 1. The summed E-state index contributed by atoms with van der Waals surface area (Å²) >= 11 is 0. The molecule has 0 spiro atoms. The molecule has 0 heterocycles. The lowest BCUT2D eigenvalue weighted by atomic mass is 9.94. The van der Waals surface area contributed by atoms with Crippen LogP contribution in [0.5, 0.6) is 5.75 Å². The second kappa shape index (κ2) is 11.7. The summed E-state index contributed by atoms with van der Waals surface area (Å²) in [5, 5.41) is 1.32.